The Morgan fingerprint density at radius 1 is 0.784 bits per heavy atom. The van der Waals surface area contributed by atoms with E-state index >= 15 is 0 Å². The maximum atomic E-state index is 5.83. The minimum atomic E-state index is 0.682. The van der Waals surface area contributed by atoms with Crippen molar-refractivity contribution in [3.05, 3.63) is 65.2 Å². The Balaban J connectivity index is 1.75. The second kappa shape index (κ2) is 12.2. The third kappa shape index (κ3) is 5.78. The summed E-state index contributed by atoms with van der Waals surface area (Å²) in [5, 5.41) is 2.08. The first kappa shape index (κ1) is 26.6. The average Bonchev–Trinajstić information content (AvgIpc) is 2.96. The largest absolute Gasteiger partial charge is 0.493 e. The van der Waals surface area contributed by atoms with E-state index in [-0.39, 0.29) is 0 Å². The lowest BCUT2D eigenvalue weighted by atomic mass is 9.83. The van der Waals surface area contributed by atoms with E-state index in [0.29, 0.717) is 17.4 Å². The van der Waals surface area contributed by atoms with Crippen molar-refractivity contribution in [1.82, 2.24) is 0 Å². The summed E-state index contributed by atoms with van der Waals surface area (Å²) in [6.45, 7) is 2.12. The number of hydrogen-bond acceptors (Lipinski definition) is 4. The van der Waals surface area contributed by atoms with E-state index < -0.39 is 0 Å². The lowest BCUT2D eigenvalue weighted by Gasteiger charge is -2.22. The summed E-state index contributed by atoms with van der Waals surface area (Å²) in [6, 6.07) is 17.3. The van der Waals surface area contributed by atoms with Crippen LogP contribution in [0.5, 0.6) is 23.0 Å². The maximum Gasteiger partial charge on any atom is 0.168 e. The molecule has 1 aliphatic carbocycles. The molecule has 5 heteroatoms. The smallest absolute Gasteiger partial charge is 0.168 e. The first-order chi connectivity index (χ1) is 18.0. The number of ether oxygens (including phenoxy) is 4. The number of quaternary nitrogens is 1. The topological polar surface area (TPSA) is 53.5 Å². The van der Waals surface area contributed by atoms with E-state index in [1.807, 2.05) is 25.2 Å². The number of nitrogens with two attached hydrogens (primary N) is 1. The minimum absolute atomic E-state index is 0.682. The minimum Gasteiger partial charge on any atom is -0.493 e. The van der Waals surface area contributed by atoms with Crippen molar-refractivity contribution in [3.63, 3.8) is 0 Å². The van der Waals surface area contributed by atoms with E-state index in [1.54, 1.807) is 28.4 Å². The molecule has 0 amide bonds. The van der Waals surface area contributed by atoms with Gasteiger partial charge in [-0.25, -0.2) is 0 Å². The molecule has 1 saturated carbocycles. The second-order valence-electron chi connectivity index (χ2n) is 9.67. The van der Waals surface area contributed by atoms with Gasteiger partial charge in [-0.2, -0.15) is 0 Å². The van der Waals surface area contributed by atoms with E-state index in [2.05, 4.69) is 48.6 Å². The van der Waals surface area contributed by atoms with Gasteiger partial charge < -0.3 is 24.3 Å². The highest BCUT2D eigenvalue weighted by molar-refractivity contribution is 5.87. The van der Waals surface area contributed by atoms with Gasteiger partial charge >= 0.3 is 0 Å². The first-order valence-electron chi connectivity index (χ1n) is 13.1. The molecule has 3 aromatic carbocycles. The predicted octanol–water partition coefficient (Wildman–Crippen LogP) is 6.82. The van der Waals surface area contributed by atoms with Gasteiger partial charge in [0.15, 0.2) is 23.0 Å². The van der Waals surface area contributed by atoms with Crippen molar-refractivity contribution in [3.8, 4) is 34.1 Å². The number of allylic oxidation sites excluding steroid dienone is 1. The summed E-state index contributed by atoms with van der Waals surface area (Å²) < 4.78 is 22.7. The molecule has 4 rings (SSSR count). The molecule has 5 nitrogen and oxygen atoms in total. The van der Waals surface area contributed by atoms with Crippen LogP contribution < -0.4 is 24.3 Å². The van der Waals surface area contributed by atoms with Crippen molar-refractivity contribution >= 4 is 17.3 Å². The molecule has 0 unspecified atom stereocenters. The van der Waals surface area contributed by atoms with Crippen LogP contribution in [0.25, 0.3) is 22.8 Å². The van der Waals surface area contributed by atoms with Crippen LogP contribution >= 0.6 is 0 Å². The third-order valence-electron chi connectivity index (χ3n) is 7.50. The lowest BCUT2D eigenvalue weighted by molar-refractivity contribution is -0.539. The molecule has 196 valence electrons. The van der Waals surface area contributed by atoms with Gasteiger partial charge in [-0.15, -0.1) is 0 Å². The molecule has 0 saturated heterocycles. The quantitative estimate of drug-likeness (QED) is 0.258. The Hall–Kier alpha value is -3.44. The molecule has 37 heavy (non-hydrogen) atoms. The van der Waals surface area contributed by atoms with Gasteiger partial charge in [-0.3, -0.25) is 0 Å². The summed E-state index contributed by atoms with van der Waals surface area (Å²) in [5.74, 6) is 3.57. The number of benzene rings is 3. The molecule has 0 spiro atoms. The van der Waals surface area contributed by atoms with Crippen molar-refractivity contribution < 1.29 is 24.3 Å². The third-order valence-corrected chi connectivity index (χ3v) is 7.50. The molecule has 0 bridgehead atoms. The van der Waals surface area contributed by atoms with Crippen molar-refractivity contribution in [2.24, 2.45) is 0 Å². The van der Waals surface area contributed by atoms with E-state index in [9.17, 15) is 0 Å². The number of hydrogen-bond donors (Lipinski definition) is 1. The highest BCUT2D eigenvalue weighted by atomic mass is 16.5. The molecule has 0 aromatic heterocycles. The molecule has 0 heterocycles. The Morgan fingerprint density at radius 3 is 2.03 bits per heavy atom. The lowest BCUT2D eigenvalue weighted by Crippen LogP contribution is -2.73. The SMILES string of the molecule is C[NH2+]c1cc(OC)c(OC)cc1/C=C(\C)c1cc(OC)c(OC)c(-c2ccc(C3CCCCC3)cc2)c1. The fourth-order valence-corrected chi connectivity index (χ4v) is 5.38. The summed E-state index contributed by atoms with van der Waals surface area (Å²) in [6.07, 6.45) is 8.80. The second-order valence-corrected chi connectivity index (χ2v) is 9.67. The van der Waals surface area contributed by atoms with Crippen LogP contribution in [0.4, 0.5) is 5.69 Å². The van der Waals surface area contributed by atoms with Crippen molar-refractivity contribution in [2.75, 3.05) is 35.5 Å². The molecule has 0 radical (unpaired) electrons. The van der Waals surface area contributed by atoms with Crippen LogP contribution in [-0.2, 0) is 0 Å². The molecule has 1 aliphatic rings. The first-order valence-corrected chi connectivity index (χ1v) is 13.1. The van der Waals surface area contributed by atoms with Gasteiger partial charge in [0.2, 0.25) is 0 Å². The summed E-state index contributed by atoms with van der Waals surface area (Å²) in [4.78, 5) is 0. The fourth-order valence-electron chi connectivity index (χ4n) is 5.38. The van der Waals surface area contributed by atoms with E-state index in [0.717, 1.165) is 45.0 Å². The zero-order valence-corrected chi connectivity index (χ0v) is 23.0. The standard InChI is InChI=1S/C32H39NO4/c1-21(16-26-19-29(34-3)30(35-4)20-28(26)33-2)25-17-27(32(37-6)31(18-25)36-5)24-14-12-23(13-15-24)22-10-8-7-9-11-22/h12-20,22,33H,7-11H2,1-6H3/p+1/b21-16+. The number of rotatable bonds is 9. The highest BCUT2D eigenvalue weighted by Gasteiger charge is 2.19. The molecule has 3 aromatic rings. The zero-order valence-electron chi connectivity index (χ0n) is 23.0. The predicted molar refractivity (Wildman–Crippen MR) is 151 cm³/mol. The fraction of sp³-hybridized carbons (Fsp3) is 0.375. The van der Waals surface area contributed by atoms with Gasteiger partial charge in [-0.1, -0.05) is 43.5 Å². The monoisotopic (exact) mass is 502 g/mol. The average molecular weight is 503 g/mol. The van der Waals surface area contributed by atoms with Crippen LogP contribution in [0, 0.1) is 0 Å². The number of methoxy groups -OCH3 is 4. The Bertz CT molecular complexity index is 1240. The van der Waals surface area contributed by atoms with Gasteiger partial charge in [-0.05, 0) is 72.2 Å². The van der Waals surface area contributed by atoms with E-state index in [1.165, 1.54) is 37.7 Å². The van der Waals surface area contributed by atoms with Crippen LogP contribution in [0.3, 0.4) is 0 Å². The Labute approximate surface area is 221 Å². The van der Waals surface area contributed by atoms with Crippen molar-refractivity contribution in [1.29, 1.82) is 0 Å². The normalized spacial score (nSPS) is 14.4. The molecule has 2 N–H and O–H groups in total. The van der Waals surface area contributed by atoms with E-state index in [4.69, 9.17) is 18.9 Å². The van der Waals surface area contributed by atoms with Gasteiger partial charge in [0, 0.05) is 17.2 Å². The van der Waals surface area contributed by atoms with Crippen LogP contribution in [0.15, 0.2) is 48.5 Å². The van der Waals surface area contributed by atoms with Gasteiger partial charge in [0.1, 0.15) is 5.69 Å². The molecular weight excluding hydrogens is 462 g/mol. The maximum absolute atomic E-state index is 5.83. The molecule has 0 atom stereocenters. The van der Waals surface area contributed by atoms with Crippen LogP contribution in [0.1, 0.15) is 61.6 Å². The van der Waals surface area contributed by atoms with Gasteiger partial charge in [0.05, 0.1) is 35.5 Å². The molecule has 1 fully saturated rings. The Morgan fingerprint density at radius 2 is 1.43 bits per heavy atom. The summed E-state index contributed by atoms with van der Waals surface area (Å²) in [7, 11) is 8.74. The van der Waals surface area contributed by atoms with Crippen LogP contribution in [0.2, 0.25) is 0 Å². The summed E-state index contributed by atoms with van der Waals surface area (Å²) >= 11 is 0. The highest BCUT2D eigenvalue weighted by Crippen LogP contribution is 2.42. The zero-order chi connectivity index (χ0) is 26.4. The van der Waals surface area contributed by atoms with Crippen LogP contribution in [-0.4, -0.2) is 35.5 Å². The molecule has 0 aliphatic heterocycles. The van der Waals surface area contributed by atoms with Crippen molar-refractivity contribution in [2.45, 2.75) is 44.9 Å². The molecular formula is C32H40NO4+. The van der Waals surface area contributed by atoms with Gasteiger partial charge in [0.25, 0.3) is 0 Å². The Kier molecular flexibility index (Phi) is 8.78. The summed E-state index contributed by atoms with van der Waals surface area (Å²) in [5.41, 5.74) is 7.91.